The zero-order valence-corrected chi connectivity index (χ0v) is 17.4. The van der Waals surface area contributed by atoms with Crippen LogP contribution in [0.25, 0.3) is 27.6 Å². The van der Waals surface area contributed by atoms with E-state index in [0.717, 1.165) is 29.4 Å². The lowest BCUT2D eigenvalue weighted by molar-refractivity contribution is -0.112. The number of aromatic hydroxyl groups is 2. The molecule has 2 heterocycles. The van der Waals surface area contributed by atoms with Crippen molar-refractivity contribution in [3.8, 4) is 22.6 Å². The van der Waals surface area contributed by atoms with Gasteiger partial charge in [-0.15, -0.1) is 0 Å². The fraction of sp³-hybridized carbons (Fsp3) is 0.304. The summed E-state index contributed by atoms with van der Waals surface area (Å²) >= 11 is 0. The molecule has 156 valence electrons. The van der Waals surface area contributed by atoms with E-state index in [1.165, 1.54) is 0 Å². The minimum absolute atomic E-state index is 0.00910. The second kappa shape index (κ2) is 7.93. The number of nitrogens with zero attached hydrogens (tertiary/aromatic N) is 2. The van der Waals surface area contributed by atoms with E-state index in [9.17, 15) is 15.0 Å². The summed E-state index contributed by atoms with van der Waals surface area (Å²) < 4.78 is 0. The summed E-state index contributed by atoms with van der Waals surface area (Å²) in [7, 11) is 5.76. The molecule has 4 rings (SSSR count). The van der Waals surface area contributed by atoms with Crippen LogP contribution in [-0.2, 0) is 11.2 Å². The van der Waals surface area contributed by atoms with E-state index in [1.54, 1.807) is 12.1 Å². The summed E-state index contributed by atoms with van der Waals surface area (Å²) in [5.74, 6) is -0.144. The second-order valence-electron chi connectivity index (χ2n) is 7.89. The third-order valence-electron chi connectivity index (χ3n) is 5.54. The van der Waals surface area contributed by atoms with Crippen LogP contribution in [0.4, 0.5) is 0 Å². The zero-order chi connectivity index (χ0) is 21.4. The molecule has 4 N–H and O–H groups in total. The lowest BCUT2D eigenvalue weighted by Crippen LogP contribution is -2.25. The zero-order valence-electron chi connectivity index (χ0n) is 17.4. The average molecular weight is 406 g/mol. The van der Waals surface area contributed by atoms with Gasteiger partial charge >= 0.3 is 0 Å². The monoisotopic (exact) mass is 406 g/mol. The standard InChI is InChI=1S/C23H26N4O3/c1-24-8-6-13-12-25-17-5-4-15(22(29)20(13)17)14-10-18-21(19(28)11-14)16(23(30)26-18)7-9-27(2)3/h4-5,10-12,24-25,28-29H,6-9H2,1-3H3. The fourth-order valence-electron chi connectivity index (χ4n) is 3.98. The summed E-state index contributed by atoms with van der Waals surface area (Å²) in [5.41, 5.74) is 3.62. The highest BCUT2D eigenvalue weighted by Gasteiger charge is 2.21. The van der Waals surface area contributed by atoms with E-state index in [-0.39, 0.29) is 17.4 Å². The predicted octanol–water partition coefficient (Wildman–Crippen LogP) is 1.27. The van der Waals surface area contributed by atoms with Crippen LogP contribution in [0.15, 0.2) is 35.5 Å². The number of hydrogen-bond acceptors (Lipinski definition) is 5. The molecule has 0 radical (unpaired) electrons. The molecular formula is C23H26N4O3. The maximum Gasteiger partial charge on any atom is 0.274 e. The van der Waals surface area contributed by atoms with Gasteiger partial charge in [0.1, 0.15) is 11.5 Å². The molecule has 3 aromatic rings. The van der Waals surface area contributed by atoms with E-state index in [0.29, 0.717) is 40.2 Å². The summed E-state index contributed by atoms with van der Waals surface area (Å²) in [4.78, 5) is 21.7. The molecule has 0 saturated carbocycles. The van der Waals surface area contributed by atoms with Crippen LogP contribution in [0.5, 0.6) is 11.5 Å². The highest BCUT2D eigenvalue weighted by molar-refractivity contribution is 6.15. The van der Waals surface area contributed by atoms with Gasteiger partial charge in [0.05, 0.1) is 10.6 Å². The van der Waals surface area contributed by atoms with Crippen LogP contribution >= 0.6 is 0 Å². The lowest BCUT2D eigenvalue weighted by atomic mass is 9.98. The van der Waals surface area contributed by atoms with Gasteiger partial charge in [-0.25, -0.2) is 4.99 Å². The van der Waals surface area contributed by atoms with Crippen molar-refractivity contribution < 1.29 is 15.0 Å². The number of likely N-dealkylation sites (N-methyl/N-ethyl adjacent to an activating group) is 1. The number of fused-ring (bicyclic) bond motifs is 2. The molecule has 0 bridgehead atoms. The van der Waals surface area contributed by atoms with Crippen molar-refractivity contribution in [2.45, 2.75) is 12.8 Å². The van der Waals surface area contributed by atoms with Gasteiger partial charge in [0.15, 0.2) is 0 Å². The van der Waals surface area contributed by atoms with Gasteiger partial charge in [-0.2, -0.15) is 0 Å². The Balaban J connectivity index is 1.84. The van der Waals surface area contributed by atoms with Gasteiger partial charge in [0.2, 0.25) is 0 Å². The third kappa shape index (κ3) is 3.46. The maximum atomic E-state index is 12.4. The minimum atomic E-state index is -0.307. The summed E-state index contributed by atoms with van der Waals surface area (Å²) in [5, 5.41) is 26.6. The Morgan fingerprint density at radius 3 is 2.70 bits per heavy atom. The highest BCUT2D eigenvalue weighted by atomic mass is 16.3. The molecule has 1 aromatic heterocycles. The molecule has 2 aromatic carbocycles. The molecule has 0 atom stereocenters. The van der Waals surface area contributed by atoms with Crippen LogP contribution in [0.3, 0.4) is 0 Å². The Morgan fingerprint density at radius 1 is 1.17 bits per heavy atom. The van der Waals surface area contributed by atoms with E-state index < -0.39 is 0 Å². The van der Waals surface area contributed by atoms with E-state index in [2.05, 4.69) is 15.3 Å². The number of nitrogens with one attached hydrogen (secondary N) is 2. The number of carbonyl (C=O) groups excluding carboxylic acids is 1. The first-order valence-electron chi connectivity index (χ1n) is 10.0. The number of phenols is 2. The molecule has 1 aliphatic heterocycles. The quantitative estimate of drug-likeness (QED) is 0.473. The molecule has 0 aliphatic carbocycles. The van der Waals surface area contributed by atoms with Crippen molar-refractivity contribution in [1.82, 2.24) is 15.2 Å². The topological polar surface area (TPSA) is 101 Å². The summed E-state index contributed by atoms with van der Waals surface area (Å²) in [6.45, 7) is 1.49. The Hall–Kier alpha value is -3.16. The van der Waals surface area contributed by atoms with Crippen LogP contribution in [0, 0.1) is 0 Å². The maximum absolute atomic E-state index is 12.4. The fourth-order valence-corrected chi connectivity index (χ4v) is 3.98. The van der Waals surface area contributed by atoms with Crippen LogP contribution in [0.1, 0.15) is 12.0 Å². The predicted molar refractivity (Wildman–Crippen MR) is 117 cm³/mol. The van der Waals surface area contributed by atoms with Gasteiger partial charge in [-0.05, 0) is 75.9 Å². The second-order valence-corrected chi connectivity index (χ2v) is 7.89. The smallest absolute Gasteiger partial charge is 0.274 e. The highest BCUT2D eigenvalue weighted by Crippen LogP contribution is 2.38. The number of phenolic OH excluding ortho intramolecular Hbond substituents is 2. The molecule has 0 saturated heterocycles. The van der Waals surface area contributed by atoms with Gasteiger partial charge in [-0.1, -0.05) is 0 Å². The van der Waals surface area contributed by atoms with E-state index in [1.807, 2.05) is 44.4 Å². The number of aromatic nitrogens is 1. The van der Waals surface area contributed by atoms with Crippen molar-refractivity contribution in [1.29, 1.82) is 0 Å². The molecule has 30 heavy (non-hydrogen) atoms. The lowest BCUT2D eigenvalue weighted by Gasteiger charge is -2.10. The normalized spacial score (nSPS) is 13.3. The number of carbonyl (C=O) groups is 1. The van der Waals surface area contributed by atoms with Crippen LogP contribution in [0.2, 0.25) is 0 Å². The molecular weight excluding hydrogens is 380 g/mol. The van der Waals surface area contributed by atoms with Crippen LogP contribution < -0.4 is 15.9 Å². The van der Waals surface area contributed by atoms with E-state index >= 15 is 0 Å². The minimum Gasteiger partial charge on any atom is -0.507 e. The van der Waals surface area contributed by atoms with Gasteiger partial charge in [-0.3, -0.25) is 4.79 Å². The average Bonchev–Trinajstić information content (AvgIpc) is 3.25. The first kappa shape index (κ1) is 20.1. The molecule has 0 spiro atoms. The first-order valence-corrected chi connectivity index (χ1v) is 10.0. The van der Waals surface area contributed by atoms with Gasteiger partial charge < -0.3 is 25.4 Å². The van der Waals surface area contributed by atoms with Crippen molar-refractivity contribution in [3.63, 3.8) is 0 Å². The third-order valence-corrected chi connectivity index (χ3v) is 5.54. The summed E-state index contributed by atoms with van der Waals surface area (Å²) in [6.07, 6.45) is 3.20. The number of benzene rings is 2. The molecule has 7 heteroatoms. The number of aromatic amines is 1. The van der Waals surface area contributed by atoms with Crippen molar-refractivity contribution >= 4 is 22.4 Å². The largest absolute Gasteiger partial charge is 0.507 e. The molecule has 0 unspecified atom stereocenters. The Labute approximate surface area is 174 Å². The van der Waals surface area contributed by atoms with Crippen molar-refractivity contribution in [2.75, 3.05) is 34.2 Å². The number of amides is 1. The molecule has 0 fully saturated rings. The molecule has 1 amide bonds. The Bertz CT molecular complexity index is 1260. The Morgan fingerprint density at radius 2 is 1.97 bits per heavy atom. The molecule has 7 nitrogen and oxygen atoms in total. The SMILES string of the molecule is CNCCc1c[nH]c2ccc(-c3cc(O)c4c(c3)=NC(=O)C=4CCN(C)C)c(O)c12. The van der Waals surface area contributed by atoms with Crippen molar-refractivity contribution in [2.24, 2.45) is 4.99 Å². The van der Waals surface area contributed by atoms with Gasteiger partial charge in [0.25, 0.3) is 5.91 Å². The first-order chi connectivity index (χ1) is 14.4. The van der Waals surface area contributed by atoms with Gasteiger partial charge in [0, 0.05) is 34.8 Å². The summed E-state index contributed by atoms with van der Waals surface area (Å²) in [6, 6.07) is 7.08. The van der Waals surface area contributed by atoms with E-state index in [4.69, 9.17) is 0 Å². The molecule has 1 aliphatic rings. The number of rotatable bonds is 7. The van der Waals surface area contributed by atoms with Crippen LogP contribution in [-0.4, -0.2) is 60.2 Å². The van der Waals surface area contributed by atoms with Crippen molar-refractivity contribution in [3.05, 3.63) is 46.6 Å². The number of H-pyrrole nitrogens is 1. The Kier molecular flexibility index (Phi) is 5.32. The number of hydrogen-bond donors (Lipinski definition) is 4.